The van der Waals surface area contributed by atoms with Crippen molar-refractivity contribution in [3.05, 3.63) is 59.7 Å². The molecule has 0 heterocycles. The third-order valence-corrected chi connectivity index (χ3v) is 4.14. The lowest BCUT2D eigenvalue weighted by molar-refractivity contribution is -0.143. The number of carbonyl (C=O) groups is 1. The molecule has 2 N–H and O–H groups in total. The predicted molar refractivity (Wildman–Crippen MR) is 88.5 cm³/mol. The van der Waals surface area contributed by atoms with E-state index in [4.69, 9.17) is 4.74 Å². The molecule has 0 bridgehead atoms. The molecule has 0 amide bonds. The molecule has 0 saturated carbocycles. The van der Waals surface area contributed by atoms with Gasteiger partial charge in [-0.25, -0.2) is 0 Å². The molecule has 122 valence electrons. The highest BCUT2D eigenvalue weighted by atomic mass is 16.5. The van der Waals surface area contributed by atoms with E-state index in [1.54, 1.807) is 31.2 Å². The molecule has 0 fully saturated rings. The normalized spacial score (nSPS) is 11.2. The Kier molecular flexibility index (Phi) is 5.27. The van der Waals surface area contributed by atoms with Crippen LogP contribution in [0.2, 0.25) is 0 Å². The summed E-state index contributed by atoms with van der Waals surface area (Å²) in [5.74, 6) is 0.177. The number of aromatic hydroxyl groups is 2. The Bertz CT molecular complexity index is 599. The number of ether oxygens (including phenoxy) is 1. The van der Waals surface area contributed by atoms with Crippen LogP contribution in [0.1, 0.15) is 37.8 Å². The maximum absolute atomic E-state index is 11.8. The number of rotatable bonds is 6. The average Bonchev–Trinajstić information content (AvgIpc) is 2.54. The molecule has 2 aromatic rings. The molecule has 2 rings (SSSR count). The monoisotopic (exact) mass is 314 g/mol. The number of benzene rings is 2. The zero-order valence-corrected chi connectivity index (χ0v) is 13.5. The quantitative estimate of drug-likeness (QED) is 0.797. The van der Waals surface area contributed by atoms with Crippen LogP contribution in [0.15, 0.2) is 48.5 Å². The molecule has 0 saturated heterocycles. The first-order valence-corrected chi connectivity index (χ1v) is 7.70. The van der Waals surface area contributed by atoms with Crippen molar-refractivity contribution >= 4 is 5.97 Å². The molecule has 4 nitrogen and oxygen atoms in total. The van der Waals surface area contributed by atoms with E-state index >= 15 is 0 Å². The lowest BCUT2D eigenvalue weighted by Crippen LogP contribution is -2.25. The van der Waals surface area contributed by atoms with E-state index in [9.17, 15) is 15.0 Å². The number of carbonyl (C=O) groups excluding carboxylic acids is 1. The van der Waals surface area contributed by atoms with Gasteiger partial charge in [-0.05, 0) is 48.7 Å². The highest BCUT2D eigenvalue weighted by Crippen LogP contribution is 2.37. The summed E-state index contributed by atoms with van der Waals surface area (Å²) in [6, 6.07) is 14.0. The smallest absolute Gasteiger partial charge is 0.305 e. The van der Waals surface area contributed by atoms with Gasteiger partial charge in [0.25, 0.3) is 0 Å². The standard InChI is InChI=1S/C19H22O4/c1-3-23-18(22)12-13-19(2,14-4-8-16(20)9-5-14)15-6-10-17(21)11-7-15/h4-11,20-21H,3,12-13H2,1-2H3. The first kappa shape index (κ1) is 16.9. The van der Waals surface area contributed by atoms with Crippen LogP contribution in [0, 0.1) is 0 Å². The van der Waals surface area contributed by atoms with Gasteiger partial charge in [0.2, 0.25) is 0 Å². The molecule has 0 unspecified atom stereocenters. The fourth-order valence-electron chi connectivity index (χ4n) is 2.70. The topological polar surface area (TPSA) is 66.8 Å². The summed E-state index contributed by atoms with van der Waals surface area (Å²) in [6.07, 6.45) is 0.869. The zero-order chi connectivity index (χ0) is 16.9. The third kappa shape index (κ3) is 4.03. The van der Waals surface area contributed by atoms with Crippen LogP contribution >= 0.6 is 0 Å². The zero-order valence-electron chi connectivity index (χ0n) is 13.5. The molecule has 4 heteroatoms. The van der Waals surface area contributed by atoms with E-state index in [-0.39, 0.29) is 17.5 Å². The van der Waals surface area contributed by atoms with Crippen molar-refractivity contribution in [3.63, 3.8) is 0 Å². The molecular weight excluding hydrogens is 292 g/mol. The van der Waals surface area contributed by atoms with Gasteiger partial charge in [-0.3, -0.25) is 4.79 Å². The van der Waals surface area contributed by atoms with Gasteiger partial charge in [0.1, 0.15) is 11.5 Å². The molecule has 23 heavy (non-hydrogen) atoms. The summed E-state index contributed by atoms with van der Waals surface area (Å²) in [6.45, 7) is 4.20. The highest BCUT2D eigenvalue weighted by molar-refractivity contribution is 5.69. The summed E-state index contributed by atoms with van der Waals surface area (Å²) < 4.78 is 5.03. The second kappa shape index (κ2) is 7.18. The van der Waals surface area contributed by atoms with Gasteiger partial charge in [0, 0.05) is 11.8 Å². The van der Waals surface area contributed by atoms with Crippen LogP contribution in [0.4, 0.5) is 0 Å². The number of hydrogen-bond donors (Lipinski definition) is 2. The largest absolute Gasteiger partial charge is 0.508 e. The van der Waals surface area contributed by atoms with Crippen molar-refractivity contribution in [2.45, 2.75) is 32.1 Å². The van der Waals surface area contributed by atoms with E-state index in [2.05, 4.69) is 0 Å². The molecule has 0 aliphatic rings. The van der Waals surface area contributed by atoms with Crippen LogP contribution in [-0.2, 0) is 14.9 Å². The maximum Gasteiger partial charge on any atom is 0.305 e. The first-order valence-electron chi connectivity index (χ1n) is 7.70. The van der Waals surface area contributed by atoms with E-state index in [1.807, 2.05) is 31.2 Å². The van der Waals surface area contributed by atoms with Crippen molar-refractivity contribution < 1.29 is 19.7 Å². The SMILES string of the molecule is CCOC(=O)CCC(C)(c1ccc(O)cc1)c1ccc(O)cc1. The molecule has 0 aliphatic heterocycles. The van der Waals surface area contributed by atoms with Crippen LogP contribution < -0.4 is 0 Å². The van der Waals surface area contributed by atoms with Gasteiger partial charge in [0.15, 0.2) is 0 Å². The second-order valence-electron chi connectivity index (χ2n) is 5.73. The summed E-state index contributed by atoms with van der Waals surface area (Å²) in [5.41, 5.74) is 1.56. The van der Waals surface area contributed by atoms with Gasteiger partial charge < -0.3 is 14.9 Å². The number of hydrogen-bond acceptors (Lipinski definition) is 4. The Morgan fingerprint density at radius 3 is 1.78 bits per heavy atom. The Morgan fingerprint density at radius 2 is 1.39 bits per heavy atom. The fraction of sp³-hybridized carbons (Fsp3) is 0.316. The summed E-state index contributed by atoms with van der Waals surface area (Å²) in [5, 5.41) is 19.0. The number of phenolic OH excluding ortho intramolecular Hbond substituents is 2. The van der Waals surface area contributed by atoms with Crippen LogP contribution in [0.5, 0.6) is 11.5 Å². The summed E-state index contributed by atoms with van der Waals surface area (Å²) >= 11 is 0. The van der Waals surface area contributed by atoms with Gasteiger partial charge in [-0.15, -0.1) is 0 Å². The molecule has 0 atom stereocenters. The van der Waals surface area contributed by atoms with Gasteiger partial charge in [-0.1, -0.05) is 31.2 Å². The van der Waals surface area contributed by atoms with Crippen molar-refractivity contribution in [1.29, 1.82) is 0 Å². The van der Waals surface area contributed by atoms with Crippen molar-refractivity contribution in [3.8, 4) is 11.5 Å². The number of esters is 1. The summed E-state index contributed by atoms with van der Waals surface area (Å²) in [4.78, 5) is 11.8. The molecule has 0 spiro atoms. The van der Waals surface area contributed by atoms with E-state index < -0.39 is 5.41 Å². The summed E-state index contributed by atoms with van der Waals surface area (Å²) in [7, 11) is 0. The predicted octanol–water partition coefficient (Wildman–Crippen LogP) is 3.75. The minimum atomic E-state index is -0.422. The van der Waals surface area contributed by atoms with Gasteiger partial charge >= 0.3 is 5.97 Å². The van der Waals surface area contributed by atoms with E-state index in [1.165, 1.54) is 0 Å². The maximum atomic E-state index is 11.8. The molecule has 0 radical (unpaired) electrons. The van der Waals surface area contributed by atoms with Crippen molar-refractivity contribution in [2.24, 2.45) is 0 Å². The van der Waals surface area contributed by atoms with E-state index in [0.29, 0.717) is 19.4 Å². The molecular formula is C19H22O4. The third-order valence-electron chi connectivity index (χ3n) is 4.14. The van der Waals surface area contributed by atoms with Crippen LogP contribution in [0.25, 0.3) is 0 Å². The van der Waals surface area contributed by atoms with Crippen LogP contribution in [0.3, 0.4) is 0 Å². The van der Waals surface area contributed by atoms with E-state index in [0.717, 1.165) is 11.1 Å². The Balaban J connectivity index is 2.35. The lowest BCUT2D eigenvalue weighted by atomic mass is 9.73. The van der Waals surface area contributed by atoms with Gasteiger partial charge in [0.05, 0.1) is 6.61 Å². The Hall–Kier alpha value is -2.49. The van der Waals surface area contributed by atoms with Crippen molar-refractivity contribution in [1.82, 2.24) is 0 Å². The molecule has 0 aliphatic carbocycles. The van der Waals surface area contributed by atoms with Gasteiger partial charge in [-0.2, -0.15) is 0 Å². The Labute approximate surface area is 136 Å². The average molecular weight is 314 g/mol. The minimum Gasteiger partial charge on any atom is -0.508 e. The first-order chi connectivity index (χ1) is 11.0. The molecule has 0 aromatic heterocycles. The number of phenols is 2. The Morgan fingerprint density at radius 1 is 0.957 bits per heavy atom. The minimum absolute atomic E-state index is 0.201. The van der Waals surface area contributed by atoms with Crippen LogP contribution in [-0.4, -0.2) is 22.8 Å². The molecule has 2 aromatic carbocycles. The van der Waals surface area contributed by atoms with Crippen molar-refractivity contribution in [2.75, 3.05) is 6.61 Å². The second-order valence-corrected chi connectivity index (χ2v) is 5.73. The fourth-order valence-corrected chi connectivity index (χ4v) is 2.70. The highest BCUT2D eigenvalue weighted by Gasteiger charge is 2.30. The lowest BCUT2D eigenvalue weighted by Gasteiger charge is -2.31.